The maximum Gasteiger partial charge on any atom is 0.0758 e. The van der Waals surface area contributed by atoms with Gasteiger partial charge in [-0.2, -0.15) is 0 Å². The van der Waals surface area contributed by atoms with Crippen LogP contribution in [0.1, 0.15) is 40.0 Å². The van der Waals surface area contributed by atoms with Crippen molar-refractivity contribution in [1.82, 2.24) is 0 Å². The van der Waals surface area contributed by atoms with Crippen LogP contribution >= 0.6 is 0 Å². The molecule has 13 heavy (non-hydrogen) atoms. The van der Waals surface area contributed by atoms with Gasteiger partial charge in [-0.05, 0) is 37.2 Å². The van der Waals surface area contributed by atoms with E-state index in [2.05, 4.69) is 27.4 Å². The molecule has 1 nitrogen and oxygen atoms in total. The zero-order chi connectivity index (χ0) is 10.1. The summed E-state index contributed by atoms with van der Waals surface area (Å²) in [5, 5.41) is 9.72. The average Bonchev–Trinajstić information content (AvgIpc) is 2.20. The highest BCUT2D eigenvalue weighted by Gasteiger charge is 2.35. The molecule has 1 rings (SSSR count). The van der Waals surface area contributed by atoms with E-state index in [9.17, 15) is 5.11 Å². The van der Waals surface area contributed by atoms with Crippen LogP contribution < -0.4 is 0 Å². The minimum absolute atomic E-state index is 0.187. The zero-order valence-electron chi connectivity index (χ0n) is 8.93. The molecule has 0 aliphatic heterocycles. The third-order valence-corrected chi connectivity index (χ3v) is 3.09. The largest absolute Gasteiger partial charge is 0.389 e. The molecule has 1 heteroatoms. The van der Waals surface area contributed by atoms with Gasteiger partial charge < -0.3 is 5.11 Å². The quantitative estimate of drug-likeness (QED) is 0.662. The minimum atomic E-state index is -0.213. The van der Waals surface area contributed by atoms with Crippen LogP contribution in [-0.4, -0.2) is 11.2 Å². The van der Waals surface area contributed by atoms with E-state index >= 15 is 0 Å². The highest BCUT2D eigenvalue weighted by molar-refractivity contribution is 5.29. The highest BCUT2D eigenvalue weighted by Crippen LogP contribution is 2.44. The predicted molar refractivity (Wildman–Crippen MR) is 56.5 cm³/mol. The van der Waals surface area contributed by atoms with E-state index in [4.69, 9.17) is 0 Å². The zero-order valence-corrected chi connectivity index (χ0v) is 8.93. The second-order valence-electron chi connectivity index (χ2n) is 4.59. The van der Waals surface area contributed by atoms with Crippen LogP contribution in [0, 0.1) is 5.41 Å². The molecule has 74 valence electrons. The fourth-order valence-electron chi connectivity index (χ4n) is 2.28. The fraction of sp³-hybridized carbons (Fsp3) is 0.667. The second-order valence-corrected chi connectivity index (χ2v) is 4.59. The van der Waals surface area contributed by atoms with Crippen molar-refractivity contribution in [3.05, 3.63) is 23.8 Å². The first-order valence-electron chi connectivity index (χ1n) is 4.98. The molecule has 0 spiro atoms. The molecule has 1 aliphatic carbocycles. The van der Waals surface area contributed by atoms with E-state index in [-0.39, 0.29) is 11.5 Å². The molecule has 0 aromatic rings. The molecule has 0 radical (unpaired) electrons. The third kappa shape index (κ3) is 2.02. The number of aliphatic hydroxyl groups excluding tert-OH is 1. The summed E-state index contributed by atoms with van der Waals surface area (Å²) in [6, 6.07) is 0. The van der Waals surface area contributed by atoms with Gasteiger partial charge >= 0.3 is 0 Å². The molecule has 0 bridgehead atoms. The van der Waals surface area contributed by atoms with Gasteiger partial charge in [-0.3, -0.25) is 0 Å². The number of allylic oxidation sites excluding steroid dienone is 2. The first kappa shape index (κ1) is 10.5. The van der Waals surface area contributed by atoms with Crippen molar-refractivity contribution in [1.29, 1.82) is 0 Å². The molecule has 1 atom stereocenters. The van der Waals surface area contributed by atoms with Gasteiger partial charge in [0.1, 0.15) is 0 Å². The molecule has 1 aliphatic rings. The lowest BCUT2D eigenvalue weighted by molar-refractivity contribution is 0.182. The molecule has 0 saturated heterocycles. The SMILES string of the molecule is C=CCCC1=C(C)[C@@H](O)CC1(C)C. The Labute approximate surface area is 81.2 Å². The Morgan fingerprint density at radius 3 is 2.62 bits per heavy atom. The lowest BCUT2D eigenvalue weighted by atomic mass is 9.83. The summed E-state index contributed by atoms with van der Waals surface area (Å²) in [6.45, 7) is 10.2. The Morgan fingerprint density at radius 1 is 1.62 bits per heavy atom. The van der Waals surface area contributed by atoms with Crippen LogP contribution in [0.5, 0.6) is 0 Å². The summed E-state index contributed by atoms with van der Waals surface area (Å²) in [5.74, 6) is 0. The van der Waals surface area contributed by atoms with Gasteiger partial charge in [0.05, 0.1) is 6.10 Å². The van der Waals surface area contributed by atoms with E-state index in [1.807, 2.05) is 6.08 Å². The van der Waals surface area contributed by atoms with E-state index < -0.39 is 0 Å². The summed E-state index contributed by atoms with van der Waals surface area (Å²) in [4.78, 5) is 0. The lowest BCUT2D eigenvalue weighted by Crippen LogP contribution is -2.12. The molecular formula is C12H20O. The van der Waals surface area contributed by atoms with Crippen LogP contribution in [-0.2, 0) is 0 Å². The van der Waals surface area contributed by atoms with E-state index in [0.717, 1.165) is 19.3 Å². The predicted octanol–water partition coefficient (Wildman–Crippen LogP) is 3.06. The maximum absolute atomic E-state index is 9.72. The van der Waals surface area contributed by atoms with Crippen LogP contribution in [0.3, 0.4) is 0 Å². The van der Waals surface area contributed by atoms with Gasteiger partial charge in [0.2, 0.25) is 0 Å². The van der Waals surface area contributed by atoms with Crippen LogP contribution in [0.15, 0.2) is 23.8 Å². The summed E-state index contributed by atoms with van der Waals surface area (Å²) in [5.41, 5.74) is 2.80. The highest BCUT2D eigenvalue weighted by atomic mass is 16.3. The topological polar surface area (TPSA) is 20.2 Å². The Kier molecular flexibility index (Phi) is 2.97. The van der Waals surface area contributed by atoms with Crippen LogP contribution in [0.4, 0.5) is 0 Å². The fourth-order valence-corrected chi connectivity index (χ4v) is 2.28. The van der Waals surface area contributed by atoms with E-state index in [0.29, 0.717) is 0 Å². The van der Waals surface area contributed by atoms with Crippen LogP contribution in [0.25, 0.3) is 0 Å². The van der Waals surface area contributed by atoms with Gasteiger partial charge in [0, 0.05) is 0 Å². The second kappa shape index (κ2) is 3.67. The summed E-state index contributed by atoms with van der Waals surface area (Å²) in [7, 11) is 0. The summed E-state index contributed by atoms with van der Waals surface area (Å²) in [6.07, 6.45) is 4.68. The third-order valence-electron chi connectivity index (χ3n) is 3.09. The molecule has 0 fully saturated rings. The normalized spacial score (nSPS) is 26.6. The molecular weight excluding hydrogens is 160 g/mol. The molecule has 1 N–H and O–H groups in total. The first-order chi connectivity index (χ1) is 5.99. The van der Waals surface area contributed by atoms with Crippen molar-refractivity contribution in [3.63, 3.8) is 0 Å². The Morgan fingerprint density at radius 2 is 2.23 bits per heavy atom. The van der Waals surface area contributed by atoms with E-state index in [1.54, 1.807) is 0 Å². The lowest BCUT2D eigenvalue weighted by Gasteiger charge is -2.22. The van der Waals surface area contributed by atoms with Crippen LogP contribution in [0.2, 0.25) is 0 Å². The summed E-state index contributed by atoms with van der Waals surface area (Å²) < 4.78 is 0. The smallest absolute Gasteiger partial charge is 0.0758 e. The first-order valence-corrected chi connectivity index (χ1v) is 4.98. The molecule has 0 unspecified atom stereocenters. The number of aliphatic hydroxyl groups is 1. The van der Waals surface area contributed by atoms with Crippen molar-refractivity contribution in [3.8, 4) is 0 Å². The average molecular weight is 180 g/mol. The Hall–Kier alpha value is -0.560. The molecule has 0 aromatic heterocycles. The van der Waals surface area contributed by atoms with Gasteiger partial charge in [0.15, 0.2) is 0 Å². The van der Waals surface area contributed by atoms with Crippen molar-refractivity contribution >= 4 is 0 Å². The molecule has 0 heterocycles. The number of hydrogen-bond donors (Lipinski definition) is 1. The summed E-state index contributed by atoms with van der Waals surface area (Å²) >= 11 is 0. The van der Waals surface area contributed by atoms with Crippen molar-refractivity contribution < 1.29 is 5.11 Å². The molecule has 0 aromatic carbocycles. The Bertz CT molecular complexity index is 236. The van der Waals surface area contributed by atoms with E-state index in [1.165, 1.54) is 11.1 Å². The minimum Gasteiger partial charge on any atom is -0.389 e. The number of hydrogen-bond acceptors (Lipinski definition) is 1. The monoisotopic (exact) mass is 180 g/mol. The van der Waals surface area contributed by atoms with Crippen molar-refractivity contribution in [2.45, 2.75) is 46.1 Å². The van der Waals surface area contributed by atoms with Gasteiger partial charge in [-0.1, -0.05) is 25.5 Å². The van der Waals surface area contributed by atoms with Crippen molar-refractivity contribution in [2.75, 3.05) is 0 Å². The molecule has 0 amide bonds. The maximum atomic E-state index is 9.72. The standard InChI is InChI=1S/C12H20O/c1-5-6-7-10-9(2)11(13)8-12(10,3)4/h5,11,13H,1,6-8H2,2-4H3/t11-/m0/s1. The van der Waals surface area contributed by atoms with Gasteiger partial charge in [-0.25, -0.2) is 0 Å². The van der Waals surface area contributed by atoms with Gasteiger partial charge in [-0.15, -0.1) is 6.58 Å². The number of rotatable bonds is 3. The molecule has 0 saturated carbocycles. The van der Waals surface area contributed by atoms with Gasteiger partial charge in [0.25, 0.3) is 0 Å². The van der Waals surface area contributed by atoms with Crippen molar-refractivity contribution in [2.24, 2.45) is 5.41 Å². The Balaban J connectivity index is 2.81.